The fourth-order valence-electron chi connectivity index (χ4n) is 1.87. The molecule has 5 nitrogen and oxygen atoms in total. The zero-order valence-electron chi connectivity index (χ0n) is 10.9. The van der Waals surface area contributed by atoms with E-state index in [-0.39, 0.29) is 11.9 Å². The summed E-state index contributed by atoms with van der Waals surface area (Å²) in [4.78, 5) is 20.7. The Labute approximate surface area is 106 Å². The van der Waals surface area contributed by atoms with E-state index < -0.39 is 0 Å². The number of rotatable bonds is 3. The van der Waals surface area contributed by atoms with Gasteiger partial charge in [-0.3, -0.25) is 4.79 Å². The van der Waals surface area contributed by atoms with Crippen LogP contribution in [-0.4, -0.2) is 34.9 Å². The number of imidazole rings is 1. The van der Waals surface area contributed by atoms with E-state index in [1.807, 2.05) is 25.1 Å². The van der Waals surface area contributed by atoms with Gasteiger partial charge in [-0.25, -0.2) is 4.98 Å². The van der Waals surface area contributed by atoms with Crippen molar-refractivity contribution in [1.82, 2.24) is 14.9 Å². The van der Waals surface area contributed by atoms with Gasteiger partial charge >= 0.3 is 0 Å². The summed E-state index contributed by atoms with van der Waals surface area (Å²) >= 11 is 0. The van der Waals surface area contributed by atoms with Gasteiger partial charge in [0.2, 0.25) is 5.91 Å². The van der Waals surface area contributed by atoms with Crippen molar-refractivity contribution in [3.8, 4) is 0 Å². The minimum Gasteiger partial charge on any atom is -0.349 e. The first-order valence-corrected chi connectivity index (χ1v) is 5.89. The maximum Gasteiger partial charge on any atom is 0.223 e. The third-order valence-electron chi connectivity index (χ3n) is 2.95. The van der Waals surface area contributed by atoms with Crippen LogP contribution in [0.3, 0.4) is 0 Å². The van der Waals surface area contributed by atoms with Crippen LogP contribution in [0.15, 0.2) is 18.2 Å². The van der Waals surface area contributed by atoms with Gasteiger partial charge in [-0.1, -0.05) is 6.07 Å². The summed E-state index contributed by atoms with van der Waals surface area (Å²) in [7, 11) is 3.47. The number of fused-ring (bicyclic) bond motifs is 1. The highest BCUT2D eigenvalue weighted by molar-refractivity contribution is 5.78. The van der Waals surface area contributed by atoms with Crippen molar-refractivity contribution in [2.45, 2.75) is 19.4 Å². The third-order valence-corrected chi connectivity index (χ3v) is 2.95. The van der Waals surface area contributed by atoms with Crippen LogP contribution < -0.4 is 5.73 Å². The topological polar surface area (TPSA) is 75.0 Å². The number of hydrogen-bond acceptors (Lipinski definition) is 3. The van der Waals surface area contributed by atoms with Crippen LogP contribution >= 0.6 is 0 Å². The molecule has 2 aromatic rings. The first kappa shape index (κ1) is 12.6. The zero-order chi connectivity index (χ0) is 13.3. The fraction of sp³-hybridized carbons (Fsp3) is 0.385. The van der Waals surface area contributed by atoms with E-state index in [9.17, 15) is 4.79 Å². The van der Waals surface area contributed by atoms with Crippen LogP contribution in [0, 0.1) is 6.92 Å². The molecule has 0 saturated carbocycles. The molecule has 1 amide bonds. The number of nitrogens with zero attached hydrogens (tertiary/aromatic N) is 2. The molecule has 3 N–H and O–H groups in total. The van der Waals surface area contributed by atoms with E-state index in [0.717, 1.165) is 22.4 Å². The largest absolute Gasteiger partial charge is 0.349 e. The Kier molecular flexibility index (Phi) is 3.34. The van der Waals surface area contributed by atoms with Gasteiger partial charge in [0, 0.05) is 26.6 Å². The lowest BCUT2D eigenvalue weighted by molar-refractivity contribution is -0.129. The van der Waals surface area contributed by atoms with Crippen LogP contribution in [0.25, 0.3) is 11.0 Å². The van der Waals surface area contributed by atoms with Gasteiger partial charge in [0.15, 0.2) is 0 Å². The average molecular weight is 246 g/mol. The smallest absolute Gasteiger partial charge is 0.223 e. The fourth-order valence-corrected chi connectivity index (χ4v) is 1.87. The van der Waals surface area contributed by atoms with Crippen LogP contribution in [-0.2, 0) is 4.79 Å². The number of aromatic amines is 1. The maximum atomic E-state index is 11.6. The van der Waals surface area contributed by atoms with E-state index in [2.05, 4.69) is 9.97 Å². The SMILES string of the molecule is Cc1nc2ccc(C(N)CC(=O)N(C)C)cc2[nH]1. The molecule has 1 unspecified atom stereocenters. The molecule has 1 aromatic heterocycles. The Morgan fingerprint density at radius 1 is 1.50 bits per heavy atom. The van der Waals surface area contributed by atoms with Crippen LogP contribution in [0.1, 0.15) is 23.9 Å². The Morgan fingerprint density at radius 3 is 2.89 bits per heavy atom. The summed E-state index contributed by atoms with van der Waals surface area (Å²) in [6, 6.07) is 5.53. The molecule has 1 heterocycles. The molecular formula is C13H18N4O. The number of carbonyl (C=O) groups excluding carboxylic acids is 1. The lowest BCUT2D eigenvalue weighted by atomic mass is 10.0. The second kappa shape index (κ2) is 4.78. The number of aromatic nitrogens is 2. The van der Waals surface area contributed by atoms with E-state index in [4.69, 9.17) is 5.73 Å². The summed E-state index contributed by atoms with van der Waals surface area (Å²) in [6.07, 6.45) is 0.311. The highest BCUT2D eigenvalue weighted by atomic mass is 16.2. The van der Waals surface area contributed by atoms with Gasteiger partial charge < -0.3 is 15.6 Å². The Hall–Kier alpha value is -1.88. The van der Waals surface area contributed by atoms with Crippen molar-refractivity contribution in [2.24, 2.45) is 5.73 Å². The number of hydrogen-bond donors (Lipinski definition) is 2. The molecule has 0 aliphatic carbocycles. The van der Waals surface area contributed by atoms with Gasteiger partial charge in [0.05, 0.1) is 11.0 Å². The summed E-state index contributed by atoms with van der Waals surface area (Å²) in [5.41, 5.74) is 8.87. The standard InChI is InChI=1S/C13H18N4O/c1-8-15-11-5-4-9(6-12(11)16-8)10(14)7-13(18)17(2)3/h4-6,10H,7,14H2,1-3H3,(H,15,16). The zero-order valence-corrected chi connectivity index (χ0v) is 10.9. The average Bonchev–Trinajstić information content (AvgIpc) is 2.67. The molecule has 0 aliphatic heterocycles. The molecule has 0 fully saturated rings. The third kappa shape index (κ3) is 2.51. The molecule has 0 spiro atoms. The summed E-state index contributed by atoms with van der Waals surface area (Å²) in [6.45, 7) is 1.91. The maximum absolute atomic E-state index is 11.6. The van der Waals surface area contributed by atoms with E-state index >= 15 is 0 Å². The van der Waals surface area contributed by atoms with Crippen LogP contribution in [0.5, 0.6) is 0 Å². The summed E-state index contributed by atoms with van der Waals surface area (Å²) < 4.78 is 0. The number of nitrogens with one attached hydrogen (secondary N) is 1. The molecular weight excluding hydrogens is 228 g/mol. The van der Waals surface area contributed by atoms with E-state index in [1.165, 1.54) is 0 Å². The highest BCUT2D eigenvalue weighted by Gasteiger charge is 2.14. The van der Waals surface area contributed by atoms with Crippen molar-refractivity contribution in [3.63, 3.8) is 0 Å². The quantitative estimate of drug-likeness (QED) is 0.858. The predicted molar refractivity (Wildman–Crippen MR) is 71.1 cm³/mol. The number of benzene rings is 1. The lowest BCUT2D eigenvalue weighted by Gasteiger charge is -2.15. The van der Waals surface area contributed by atoms with Crippen molar-refractivity contribution >= 4 is 16.9 Å². The monoisotopic (exact) mass is 246 g/mol. The van der Waals surface area contributed by atoms with Crippen molar-refractivity contribution in [2.75, 3.05) is 14.1 Å². The highest BCUT2D eigenvalue weighted by Crippen LogP contribution is 2.20. The predicted octanol–water partition coefficient (Wildman–Crippen LogP) is 1.35. The van der Waals surface area contributed by atoms with E-state index in [1.54, 1.807) is 19.0 Å². The van der Waals surface area contributed by atoms with Gasteiger partial charge in [-0.15, -0.1) is 0 Å². The molecule has 18 heavy (non-hydrogen) atoms. The first-order chi connectivity index (χ1) is 8.47. The van der Waals surface area contributed by atoms with Gasteiger partial charge in [-0.2, -0.15) is 0 Å². The molecule has 0 radical (unpaired) electrons. The number of amides is 1. The summed E-state index contributed by atoms with van der Waals surface area (Å²) in [5, 5.41) is 0. The molecule has 0 saturated heterocycles. The van der Waals surface area contributed by atoms with Gasteiger partial charge in [0.1, 0.15) is 5.82 Å². The molecule has 0 bridgehead atoms. The second-order valence-electron chi connectivity index (χ2n) is 4.70. The molecule has 1 atom stereocenters. The molecule has 1 aromatic carbocycles. The number of aryl methyl sites for hydroxylation is 1. The van der Waals surface area contributed by atoms with Crippen molar-refractivity contribution in [3.05, 3.63) is 29.6 Å². The van der Waals surface area contributed by atoms with Crippen LogP contribution in [0.2, 0.25) is 0 Å². The molecule has 0 aliphatic rings. The molecule has 96 valence electrons. The normalized spacial score (nSPS) is 12.7. The van der Waals surface area contributed by atoms with E-state index in [0.29, 0.717) is 6.42 Å². The first-order valence-electron chi connectivity index (χ1n) is 5.89. The Bertz CT molecular complexity index is 573. The minimum absolute atomic E-state index is 0.0309. The van der Waals surface area contributed by atoms with Crippen LogP contribution in [0.4, 0.5) is 0 Å². The number of nitrogens with two attached hydrogens (primary N) is 1. The van der Waals surface area contributed by atoms with Crippen molar-refractivity contribution in [1.29, 1.82) is 0 Å². The molecule has 5 heteroatoms. The number of H-pyrrole nitrogens is 1. The Balaban J connectivity index is 2.22. The Morgan fingerprint density at radius 2 is 2.22 bits per heavy atom. The van der Waals surface area contributed by atoms with Crippen molar-refractivity contribution < 1.29 is 4.79 Å². The summed E-state index contributed by atoms with van der Waals surface area (Å²) in [5.74, 6) is 0.906. The molecule has 2 rings (SSSR count). The lowest BCUT2D eigenvalue weighted by Crippen LogP contribution is -2.26. The van der Waals surface area contributed by atoms with Gasteiger partial charge in [-0.05, 0) is 24.6 Å². The number of carbonyl (C=O) groups is 1. The minimum atomic E-state index is -0.284. The van der Waals surface area contributed by atoms with Gasteiger partial charge in [0.25, 0.3) is 0 Å². The second-order valence-corrected chi connectivity index (χ2v) is 4.70.